The maximum absolute atomic E-state index is 12.0. The summed E-state index contributed by atoms with van der Waals surface area (Å²) in [4.78, 5) is 24.6. The molecule has 0 aliphatic carbocycles. The number of likely N-dealkylation sites (tertiary alicyclic amines) is 1. The van der Waals surface area contributed by atoms with Crippen LogP contribution in [-0.4, -0.2) is 40.6 Å². The lowest BCUT2D eigenvalue weighted by Gasteiger charge is -2.26. The Balaban J connectivity index is 2.73. The largest absolute Gasteiger partial charge is 0.480 e. The Morgan fingerprint density at radius 1 is 1.50 bits per heavy atom. The maximum Gasteiger partial charge on any atom is 0.326 e. The van der Waals surface area contributed by atoms with Crippen LogP contribution in [0.25, 0.3) is 0 Å². The average Bonchev–Trinajstić information content (AvgIpc) is 2.67. The summed E-state index contributed by atoms with van der Waals surface area (Å²) in [7, 11) is 0. The second kappa shape index (κ2) is 5.76. The minimum absolute atomic E-state index is 0.0309. The molecule has 0 aromatic carbocycles. The van der Waals surface area contributed by atoms with Gasteiger partial charge in [0, 0.05) is 6.54 Å². The molecule has 1 heterocycles. The first-order valence-electron chi connectivity index (χ1n) is 6.14. The number of rotatable bonds is 3. The van der Waals surface area contributed by atoms with Gasteiger partial charge in [-0.2, -0.15) is 0 Å². The summed E-state index contributed by atoms with van der Waals surface area (Å²) in [5, 5.41) is 11.8. The summed E-state index contributed by atoms with van der Waals surface area (Å²) < 4.78 is 0. The van der Waals surface area contributed by atoms with Crippen molar-refractivity contribution in [3.63, 3.8) is 0 Å². The van der Waals surface area contributed by atoms with Crippen LogP contribution in [0.5, 0.6) is 0 Å². The fraction of sp³-hybridized carbons (Fsp3) is 0.692. The van der Waals surface area contributed by atoms with Crippen molar-refractivity contribution < 1.29 is 14.7 Å². The van der Waals surface area contributed by atoms with E-state index < -0.39 is 12.0 Å². The van der Waals surface area contributed by atoms with Crippen molar-refractivity contribution in [2.45, 2.75) is 39.3 Å². The fourth-order valence-corrected chi connectivity index (χ4v) is 2.17. The third kappa shape index (κ3) is 2.95. The smallest absolute Gasteiger partial charge is 0.326 e. The number of hydrogen-bond acceptors (Lipinski definition) is 2. The van der Waals surface area contributed by atoms with Crippen LogP contribution in [0, 0.1) is 24.2 Å². The van der Waals surface area contributed by atoms with E-state index in [0.29, 0.717) is 13.0 Å². The number of carboxylic acid groups (broad SMARTS) is 1. The van der Waals surface area contributed by atoms with Crippen molar-refractivity contribution in [2.75, 3.05) is 6.54 Å². The van der Waals surface area contributed by atoms with Gasteiger partial charge in [-0.25, -0.2) is 9.59 Å². The molecule has 1 rings (SSSR count). The van der Waals surface area contributed by atoms with Crippen LogP contribution in [0.4, 0.5) is 4.79 Å². The lowest BCUT2D eigenvalue weighted by atomic mass is 10.0. The van der Waals surface area contributed by atoms with Crippen molar-refractivity contribution in [3.8, 4) is 12.3 Å². The molecule has 0 aromatic rings. The minimum atomic E-state index is -0.961. The summed E-state index contributed by atoms with van der Waals surface area (Å²) in [5.41, 5.74) is 0. The van der Waals surface area contributed by atoms with Crippen LogP contribution < -0.4 is 5.32 Å². The van der Waals surface area contributed by atoms with Crippen LogP contribution in [-0.2, 0) is 4.79 Å². The van der Waals surface area contributed by atoms with Gasteiger partial charge in [0.2, 0.25) is 0 Å². The molecule has 5 heteroatoms. The van der Waals surface area contributed by atoms with Crippen LogP contribution >= 0.6 is 0 Å². The Morgan fingerprint density at radius 3 is 2.56 bits per heavy atom. The first-order valence-corrected chi connectivity index (χ1v) is 6.14. The van der Waals surface area contributed by atoms with E-state index in [0.717, 1.165) is 0 Å². The van der Waals surface area contributed by atoms with Crippen LogP contribution in [0.3, 0.4) is 0 Å². The number of urea groups is 1. The molecule has 1 aliphatic heterocycles. The Kier molecular flexibility index (Phi) is 4.60. The number of terminal acetylenes is 1. The van der Waals surface area contributed by atoms with Gasteiger partial charge < -0.3 is 15.3 Å². The summed E-state index contributed by atoms with van der Waals surface area (Å²) in [6.07, 6.45) is 6.04. The molecule has 1 fully saturated rings. The van der Waals surface area contributed by atoms with Crippen LogP contribution in [0.15, 0.2) is 0 Å². The number of nitrogens with zero attached hydrogens (tertiary/aromatic N) is 1. The number of carbonyl (C=O) groups excluding carboxylic acids is 1. The molecule has 3 unspecified atom stereocenters. The minimum Gasteiger partial charge on any atom is -0.480 e. The van der Waals surface area contributed by atoms with E-state index in [-0.39, 0.29) is 23.9 Å². The number of carbonyl (C=O) groups is 2. The normalized spacial score (nSPS) is 24.7. The second-order valence-corrected chi connectivity index (χ2v) is 5.08. The van der Waals surface area contributed by atoms with Gasteiger partial charge in [-0.15, -0.1) is 6.42 Å². The first-order chi connectivity index (χ1) is 8.38. The van der Waals surface area contributed by atoms with Gasteiger partial charge in [0.05, 0.1) is 6.04 Å². The number of nitrogens with one attached hydrogen (secondary N) is 1. The molecule has 18 heavy (non-hydrogen) atoms. The fourth-order valence-electron chi connectivity index (χ4n) is 2.17. The zero-order chi connectivity index (χ0) is 13.9. The maximum atomic E-state index is 12.0. The van der Waals surface area contributed by atoms with Crippen molar-refractivity contribution in [1.29, 1.82) is 0 Å². The summed E-state index contributed by atoms with van der Waals surface area (Å²) in [5.74, 6) is 1.63. The number of hydrogen-bond donors (Lipinski definition) is 2. The topological polar surface area (TPSA) is 69.6 Å². The lowest BCUT2D eigenvalue weighted by Crippen LogP contribution is -2.51. The van der Waals surface area contributed by atoms with E-state index in [2.05, 4.69) is 11.2 Å². The predicted octanol–water partition coefficient (Wildman–Crippen LogP) is 1.15. The number of aliphatic carboxylic acids is 1. The Labute approximate surface area is 108 Å². The first kappa shape index (κ1) is 14.4. The Hall–Kier alpha value is -1.70. The van der Waals surface area contributed by atoms with Crippen molar-refractivity contribution in [1.82, 2.24) is 10.2 Å². The summed E-state index contributed by atoms with van der Waals surface area (Å²) in [6.45, 7) is 6.12. The standard InChI is InChI=1S/C13H20N2O3/c1-5-10(8(2)3)14-13(18)15-7-6-9(4)11(15)12(16)17/h1,8-11H,6-7H2,2-4H3,(H,14,18)(H,16,17). The molecular weight excluding hydrogens is 232 g/mol. The van der Waals surface area contributed by atoms with E-state index in [1.54, 1.807) is 0 Å². The van der Waals surface area contributed by atoms with Crippen LogP contribution in [0.2, 0.25) is 0 Å². The van der Waals surface area contributed by atoms with Gasteiger partial charge >= 0.3 is 12.0 Å². The SMILES string of the molecule is C#CC(NC(=O)N1CCC(C)C1C(=O)O)C(C)C. The number of carboxylic acids is 1. The molecule has 0 saturated carbocycles. The third-order valence-electron chi connectivity index (χ3n) is 3.34. The molecule has 5 nitrogen and oxygen atoms in total. The molecular formula is C13H20N2O3. The molecule has 1 aliphatic rings. The van der Waals surface area contributed by atoms with Gasteiger partial charge in [0.15, 0.2) is 0 Å². The Bertz CT molecular complexity index is 373. The zero-order valence-corrected chi connectivity index (χ0v) is 11.0. The quantitative estimate of drug-likeness (QED) is 0.740. The molecule has 2 amide bonds. The molecule has 0 spiro atoms. The molecule has 1 saturated heterocycles. The van der Waals surface area contributed by atoms with Gasteiger partial charge in [0.1, 0.15) is 6.04 Å². The lowest BCUT2D eigenvalue weighted by molar-refractivity contribution is -0.142. The molecule has 2 N–H and O–H groups in total. The molecule has 0 radical (unpaired) electrons. The van der Waals surface area contributed by atoms with E-state index >= 15 is 0 Å². The van der Waals surface area contributed by atoms with Gasteiger partial charge in [-0.05, 0) is 18.3 Å². The summed E-state index contributed by atoms with van der Waals surface area (Å²) in [6, 6.07) is -1.51. The van der Waals surface area contributed by atoms with Crippen molar-refractivity contribution in [2.24, 2.45) is 11.8 Å². The molecule has 3 atom stereocenters. The van der Waals surface area contributed by atoms with Crippen molar-refractivity contribution in [3.05, 3.63) is 0 Å². The van der Waals surface area contributed by atoms with Crippen molar-refractivity contribution >= 4 is 12.0 Å². The number of amides is 2. The van der Waals surface area contributed by atoms with E-state index in [1.807, 2.05) is 20.8 Å². The van der Waals surface area contributed by atoms with E-state index in [4.69, 9.17) is 11.5 Å². The highest BCUT2D eigenvalue weighted by atomic mass is 16.4. The zero-order valence-electron chi connectivity index (χ0n) is 11.0. The molecule has 0 aromatic heterocycles. The monoisotopic (exact) mass is 252 g/mol. The average molecular weight is 252 g/mol. The van der Waals surface area contributed by atoms with Crippen LogP contribution in [0.1, 0.15) is 27.2 Å². The predicted molar refractivity (Wildman–Crippen MR) is 67.9 cm³/mol. The summed E-state index contributed by atoms with van der Waals surface area (Å²) >= 11 is 0. The van der Waals surface area contributed by atoms with Gasteiger partial charge in [-0.1, -0.05) is 26.7 Å². The Morgan fingerprint density at radius 2 is 2.11 bits per heavy atom. The van der Waals surface area contributed by atoms with E-state index in [9.17, 15) is 9.59 Å². The molecule has 100 valence electrons. The second-order valence-electron chi connectivity index (χ2n) is 5.08. The highest BCUT2D eigenvalue weighted by Crippen LogP contribution is 2.24. The van der Waals surface area contributed by atoms with E-state index in [1.165, 1.54) is 4.90 Å². The van der Waals surface area contributed by atoms with Gasteiger partial charge in [0.25, 0.3) is 0 Å². The third-order valence-corrected chi connectivity index (χ3v) is 3.34. The highest BCUT2D eigenvalue weighted by molar-refractivity contribution is 5.83. The highest BCUT2D eigenvalue weighted by Gasteiger charge is 2.39. The van der Waals surface area contributed by atoms with Gasteiger partial charge in [-0.3, -0.25) is 0 Å². The molecule has 0 bridgehead atoms.